The molecule has 0 saturated heterocycles. The van der Waals surface area contributed by atoms with E-state index in [4.69, 9.17) is 19.9 Å². The molecule has 0 amide bonds. The molecule has 3 aromatic heterocycles. The second-order valence-electron chi connectivity index (χ2n) is 18.4. The number of rotatable bonds is 7. The van der Waals surface area contributed by atoms with E-state index in [1.165, 1.54) is 21.9 Å². The zero-order valence-electron chi connectivity index (χ0n) is 36.6. The van der Waals surface area contributed by atoms with E-state index >= 15 is 0 Å². The molecule has 0 N–H and O–H groups in total. The number of benzene rings is 7. The molecule has 63 heavy (non-hydrogen) atoms. The third-order valence-corrected chi connectivity index (χ3v) is 12.0. The lowest BCUT2D eigenvalue weighted by Crippen LogP contribution is -2.10. The summed E-state index contributed by atoms with van der Waals surface area (Å²) in [7, 11) is 0. The minimum atomic E-state index is -0.0194. The van der Waals surface area contributed by atoms with Crippen molar-refractivity contribution in [2.45, 2.75) is 52.4 Å². The third-order valence-electron chi connectivity index (χ3n) is 12.0. The molecule has 0 radical (unpaired) electrons. The van der Waals surface area contributed by atoms with Crippen molar-refractivity contribution >= 4 is 21.8 Å². The van der Waals surface area contributed by atoms with Gasteiger partial charge in [-0.2, -0.15) is 0 Å². The van der Waals surface area contributed by atoms with Gasteiger partial charge in [-0.3, -0.25) is 0 Å². The van der Waals surface area contributed by atoms with E-state index in [9.17, 15) is 0 Å². The molecule has 0 bridgehead atoms. The monoisotopic (exact) mass is 815 g/mol. The highest BCUT2D eigenvalue weighted by molar-refractivity contribution is 6.10. The largest absolute Gasteiger partial charge is 0.309 e. The molecule has 0 atom stereocenters. The molecular weight excluding hydrogens is 767 g/mol. The van der Waals surface area contributed by atoms with Crippen LogP contribution in [-0.4, -0.2) is 24.5 Å². The fourth-order valence-electron chi connectivity index (χ4n) is 8.44. The van der Waals surface area contributed by atoms with E-state index in [0.29, 0.717) is 11.6 Å². The fraction of sp³-hybridized carbons (Fsp3) is 0.138. The molecular formula is C58H49N5. The molecule has 3 heterocycles. The Morgan fingerprint density at radius 2 is 0.714 bits per heavy atom. The second-order valence-corrected chi connectivity index (χ2v) is 18.4. The van der Waals surface area contributed by atoms with Gasteiger partial charge in [0.1, 0.15) is 0 Å². The topological polar surface area (TPSA) is 56.5 Å². The molecule has 0 aliphatic rings. The highest BCUT2D eigenvalue weighted by Crippen LogP contribution is 2.42. The highest BCUT2D eigenvalue weighted by Gasteiger charge is 2.24. The minimum absolute atomic E-state index is 0.0194. The van der Waals surface area contributed by atoms with Crippen LogP contribution in [0, 0.1) is 0 Å². The van der Waals surface area contributed by atoms with Crippen molar-refractivity contribution in [2.75, 3.05) is 0 Å². The molecule has 0 unspecified atom stereocenters. The van der Waals surface area contributed by atoms with E-state index in [1.807, 2.05) is 48.5 Å². The van der Waals surface area contributed by atoms with Crippen molar-refractivity contribution in [2.24, 2.45) is 0 Å². The molecule has 0 fully saturated rings. The van der Waals surface area contributed by atoms with Crippen LogP contribution >= 0.6 is 0 Å². The van der Waals surface area contributed by atoms with Gasteiger partial charge >= 0.3 is 0 Å². The van der Waals surface area contributed by atoms with E-state index in [2.05, 4.69) is 186 Å². The number of fused-ring (bicyclic) bond motifs is 3. The number of aromatic nitrogens is 5. The Hall–Kier alpha value is -7.50. The van der Waals surface area contributed by atoms with Crippen molar-refractivity contribution in [3.63, 3.8) is 0 Å². The van der Waals surface area contributed by atoms with Gasteiger partial charge in [0.15, 0.2) is 11.6 Å². The molecule has 5 nitrogen and oxygen atoms in total. The van der Waals surface area contributed by atoms with Crippen LogP contribution in [0.5, 0.6) is 0 Å². The first-order valence-corrected chi connectivity index (χ1v) is 21.7. The minimum Gasteiger partial charge on any atom is -0.309 e. The summed E-state index contributed by atoms with van der Waals surface area (Å²) < 4.78 is 2.43. The zero-order chi connectivity index (χ0) is 43.3. The number of hydrogen-bond acceptors (Lipinski definition) is 4. The van der Waals surface area contributed by atoms with Crippen molar-refractivity contribution < 1.29 is 0 Å². The van der Waals surface area contributed by atoms with Crippen molar-refractivity contribution in [1.29, 1.82) is 0 Å². The van der Waals surface area contributed by atoms with Crippen LogP contribution in [0.3, 0.4) is 0 Å². The highest BCUT2D eigenvalue weighted by atomic mass is 15.0. The first kappa shape index (κ1) is 39.6. The first-order valence-electron chi connectivity index (χ1n) is 21.7. The van der Waals surface area contributed by atoms with Gasteiger partial charge in [0.2, 0.25) is 0 Å². The molecule has 7 aromatic carbocycles. The van der Waals surface area contributed by atoms with Gasteiger partial charge in [-0.15, -0.1) is 0 Å². The Morgan fingerprint density at radius 3 is 1.14 bits per heavy atom. The van der Waals surface area contributed by atoms with Crippen molar-refractivity contribution in [3.05, 3.63) is 199 Å². The average molecular weight is 816 g/mol. The lowest BCUT2D eigenvalue weighted by atomic mass is 9.85. The van der Waals surface area contributed by atoms with Crippen LogP contribution in [0.15, 0.2) is 188 Å². The quantitative estimate of drug-likeness (QED) is 0.161. The van der Waals surface area contributed by atoms with Gasteiger partial charge in [-0.1, -0.05) is 181 Å². The normalized spacial score (nSPS) is 12.0. The average Bonchev–Trinajstić information content (AvgIpc) is 3.64. The number of nitrogens with zero attached hydrogens (tertiary/aromatic N) is 5. The van der Waals surface area contributed by atoms with Crippen LogP contribution in [-0.2, 0) is 10.8 Å². The summed E-state index contributed by atoms with van der Waals surface area (Å²) in [6.45, 7) is 13.7. The second kappa shape index (κ2) is 15.8. The van der Waals surface area contributed by atoms with E-state index < -0.39 is 0 Å². The van der Waals surface area contributed by atoms with Gasteiger partial charge in [0, 0.05) is 44.2 Å². The summed E-state index contributed by atoms with van der Waals surface area (Å²) in [5.74, 6) is 1.33. The predicted molar refractivity (Wildman–Crippen MR) is 262 cm³/mol. The Kier molecular flexibility index (Phi) is 9.91. The molecule has 10 rings (SSSR count). The fourth-order valence-corrected chi connectivity index (χ4v) is 8.44. The molecule has 306 valence electrons. The summed E-state index contributed by atoms with van der Waals surface area (Å²) in [5.41, 5.74) is 15.1. The van der Waals surface area contributed by atoms with Crippen LogP contribution < -0.4 is 0 Å². The molecule has 0 aliphatic heterocycles. The lowest BCUT2D eigenvalue weighted by Gasteiger charge is -2.20. The Labute approximate surface area is 369 Å². The van der Waals surface area contributed by atoms with Crippen molar-refractivity contribution in [3.8, 4) is 73.5 Å². The smallest absolute Gasteiger partial charge is 0.160 e. The number of hydrogen-bond donors (Lipinski definition) is 0. The maximum Gasteiger partial charge on any atom is 0.160 e. The lowest BCUT2D eigenvalue weighted by molar-refractivity contribution is 0.590. The standard InChI is InChI=1S/C58H49N5/c1-57(2,3)43-28-31-52-45(34-43)46-35-44(58(4,5)6)29-32-53(46)63(52)54-30-27-42(50-36-48(38-19-11-7-12-20-38)59-55(61-50)40-23-15-9-16-24-40)33-47(54)51-37-49(39-21-13-8-14-22-39)60-56(62-51)41-25-17-10-18-26-41/h7-37H,1-6H3. The maximum absolute atomic E-state index is 5.43. The van der Waals surface area contributed by atoms with Gasteiger partial charge in [-0.05, 0) is 70.5 Å². The summed E-state index contributed by atoms with van der Waals surface area (Å²) >= 11 is 0. The van der Waals surface area contributed by atoms with Crippen LogP contribution in [0.25, 0.3) is 95.3 Å². The Morgan fingerprint density at radius 1 is 0.333 bits per heavy atom. The van der Waals surface area contributed by atoms with Crippen LogP contribution in [0.2, 0.25) is 0 Å². The van der Waals surface area contributed by atoms with Gasteiger partial charge in [-0.25, -0.2) is 19.9 Å². The molecule has 0 spiro atoms. The van der Waals surface area contributed by atoms with Gasteiger partial charge < -0.3 is 4.57 Å². The maximum atomic E-state index is 5.43. The molecule has 10 aromatic rings. The molecule has 0 aliphatic carbocycles. The SMILES string of the molecule is CC(C)(C)c1ccc2c(c1)c1cc(C(C)(C)C)ccc1n2-c1ccc(-c2cc(-c3ccccc3)nc(-c3ccccc3)n2)cc1-c1cc(-c2ccccc2)nc(-c2ccccc2)n1. The van der Waals surface area contributed by atoms with Gasteiger partial charge in [0.05, 0.1) is 39.5 Å². The predicted octanol–water partition coefficient (Wildman–Crippen LogP) is 15.0. The first-order chi connectivity index (χ1) is 30.5. The van der Waals surface area contributed by atoms with Gasteiger partial charge in [0.25, 0.3) is 0 Å². The summed E-state index contributed by atoms with van der Waals surface area (Å²) in [5, 5.41) is 2.46. The van der Waals surface area contributed by atoms with Crippen molar-refractivity contribution in [1.82, 2.24) is 24.5 Å². The zero-order valence-corrected chi connectivity index (χ0v) is 36.6. The van der Waals surface area contributed by atoms with E-state index in [1.54, 1.807) is 0 Å². The summed E-state index contributed by atoms with van der Waals surface area (Å²) in [6, 6.07) is 66.2. The van der Waals surface area contributed by atoms with E-state index in [-0.39, 0.29) is 10.8 Å². The summed E-state index contributed by atoms with van der Waals surface area (Å²) in [6.07, 6.45) is 0. The van der Waals surface area contributed by atoms with Crippen LogP contribution in [0.4, 0.5) is 0 Å². The summed E-state index contributed by atoms with van der Waals surface area (Å²) in [4.78, 5) is 21.0. The molecule has 0 saturated carbocycles. The third kappa shape index (κ3) is 7.72. The Bertz CT molecular complexity index is 3080. The van der Waals surface area contributed by atoms with E-state index in [0.717, 1.165) is 72.9 Å². The molecule has 5 heteroatoms. The van der Waals surface area contributed by atoms with Crippen LogP contribution in [0.1, 0.15) is 52.7 Å². The Balaban J connectivity index is 1.29.